The summed E-state index contributed by atoms with van der Waals surface area (Å²) in [6.07, 6.45) is 6.84. The van der Waals surface area contributed by atoms with Crippen LogP contribution in [0, 0.1) is 0 Å². The second kappa shape index (κ2) is 6.92. The van der Waals surface area contributed by atoms with Gasteiger partial charge in [0.25, 0.3) is 0 Å². The van der Waals surface area contributed by atoms with E-state index in [9.17, 15) is 8.42 Å². The molecule has 1 fully saturated rings. The lowest BCUT2D eigenvalue weighted by Gasteiger charge is -2.37. The summed E-state index contributed by atoms with van der Waals surface area (Å²) in [5.41, 5.74) is -0.369. The molecular weight excluding hydrogens is 326 g/mol. The molecule has 24 heavy (non-hydrogen) atoms. The Balaban J connectivity index is 1.82. The molecule has 0 saturated heterocycles. The van der Waals surface area contributed by atoms with Gasteiger partial charge in [0.2, 0.25) is 10.0 Å². The minimum absolute atomic E-state index is 0.0438. The van der Waals surface area contributed by atoms with Gasteiger partial charge in [-0.2, -0.15) is 0 Å². The van der Waals surface area contributed by atoms with Gasteiger partial charge in [-0.1, -0.05) is 33.1 Å². The molecule has 0 unspecified atom stereocenters. The van der Waals surface area contributed by atoms with Gasteiger partial charge in [-0.05, 0) is 37.8 Å². The zero-order valence-corrected chi connectivity index (χ0v) is 15.3. The van der Waals surface area contributed by atoms with Crippen LogP contribution in [0.2, 0.25) is 0 Å². The first-order valence-electron chi connectivity index (χ1n) is 8.96. The molecule has 6 heteroatoms. The van der Waals surface area contributed by atoms with E-state index in [1.807, 2.05) is 0 Å². The second-order valence-electron chi connectivity index (χ2n) is 6.85. The van der Waals surface area contributed by atoms with Gasteiger partial charge in [-0.25, -0.2) is 13.1 Å². The van der Waals surface area contributed by atoms with Crippen LogP contribution in [0.1, 0.15) is 58.8 Å². The smallest absolute Gasteiger partial charge is 0.240 e. The number of sulfonamides is 1. The van der Waals surface area contributed by atoms with E-state index in [4.69, 9.17) is 9.47 Å². The Morgan fingerprint density at radius 2 is 1.83 bits per heavy atom. The quantitative estimate of drug-likeness (QED) is 0.878. The van der Waals surface area contributed by atoms with E-state index in [0.29, 0.717) is 18.1 Å². The SMILES string of the molecule is CCC1(CC)COc2ccc(S(=O)(=O)NC3CCCCC3)cc2O1. The highest BCUT2D eigenvalue weighted by atomic mass is 32.2. The van der Waals surface area contributed by atoms with Gasteiger partial charge in [-0.15, -0.1) is 0 Å². The fraction of sp³-hybridized carbons (Fsp3) is 0.667. The Kier molecular flexibility index (Phi) is 5.06. The molecule has 0 radical (unpaired) electrons. The van der Waals surface area contributed by atoms with Crippen molar-refractivity contribution in [3.05, 3.63) is 18.2 Å². The van der Waals surface area contributed by atoms with Crippen molar-refractivity contribution in [1.82, 2.24) is 4.72 Å². The Morgan fingerprint density at radius 3 is 2.50 bits per heavy atom. The van der Waals surface area contributed by atoms with E-state index >= 15 is 0 Å². The molecule has 1 aromatic rings. The number of benzene rings is 1. The van der Waals surface area contributed by atoms with E-state index in [2.05, 4.69) is 18.6 Å². The lowest BCUT2D eigenvalue weighted by molar-refractivity contribution is -0.0147. The van der Waals surface area contributed by atoms with E-state index in [1.54, 1.807) is 18.2 Å². The molecule has 0 atom stereocenters. The number of hydrogen-bond donors (Lipinski definition) is 1. The molecule has 1 heterocycles. The third-order valence-electron chi connectivity index (χ3n) is 5.26. The maximum Gasteiger partial charge on any atom is 0.240 e. The topological polar surface area (TPSA) is 64.6 Å². The Hall–Kier alpha value is -1.27. The zero-order valence-electron chi connectivity index (χ0n) is 14.5. The second-order valence-corrected chi connectivity index (χ2v) is 8.56. The number of ether oxygens (including phenoxy) is 2. The van der Waals surface area contributed by atoms with Crippen molar-refractivity contribution in [3.8, 4) is 11.5 Å². The van der Waals surface area contributed by atoms with E-state index in [1.165, 1.54) is 6.42 Å². The van der Waals surface area contributed by atoms with Gasteiger partial charge in [0.05, 0.1) is 4.90 Å². The molecule has 134 valence electrons. The van der Waals surface area contributed by atoms with Crippen LogP contribution in [0.5, 0.6) is 11.5 Å². The summed E-state index contributed by atoms with van der Waals surface area (Å²) in [5, 5.41) is 0. The number of rotatable bonds is 5. The minimum Gasteiger partial charge on any atom is -0.486 e. The van der Waals surface area contributed by atoms with Crippen molar-refractivity contribution in [2.75, 3.05) is 6.61 Å². The van der Waals surface area contributed by atoms with Crippen LogP contribution >= 0.6 is 0 Å². The number of hydrogen-bond acceptors (Lipinski definition) is 4. The molecule has 5 nitrogen and oxygen atoms in total. The van der Waals surface area contributed by atoms with Crippen LogP contribution in [0.4, 0.5) is 0 Å². The summed E-state index contributed by atoms with van der Waals surface area (Å²) in [6.45, 7) is 4.62. The van der Waals surface area contributed by atoms with Crippen molar-refractivity contribution in [2.45, 2.75) is 75.3 Å². The standard InChI is InChI=1S/C18H27NO4S/c1-3-18(4-2)13-22-16-11-10-15(12-17(16)23-18)24(20,21)19-14-8-6-5-7-9-14/h10-12,14,19H,3-9,13H2,1-2H3. The molecule has 0 bridgehead atoms. The molecule has 0 amide bonds. The van der Waals surface area contributed by atoms with E-state index < -0.39 is 10.0 Å². The van der Waals surface area contributed by atoms with Gasteiger partial charge >= 0.3 is 0 Å². The largest absolute Gasteiger partial charge is 0.486 e. The lowest BCUT2D eigenvalue weighted by atomic mass is 9.96. The summed E-state index contributed by atoms with van der Waals surface area (Å²) >= 11 is 0. The van der Waals surface area contributed by atoms with Crippen molar-refractivity contribution < 1.29 is 17.9 Å². The molecule has 1 aromatic carbocycles. The third-order valence-corrected chi connectivity index (χ3v) is 6.78. The van der Waals surface area contributed by atoms with Crippen LogP contribution < -0.4 is 14.2 Å². The van der Waals surface area contributed by atoms with Crippen LogP contribution in [0.15, 0.2) is 23.1 Å². The maximum atomic E-state index is 12.7. The molecular formula is C18H27NO4S. The molecule has 3 rings (SSSR count). The first-order chi connectivity index (χ1) is 11.5. The van der Waals surface area contributed by atoms with Crippen molar-refractivity contribution in [2.24, 2.45) is 0 Å². The highest BCUT2D eigenvalue weighted by Crippen LogP contribution is 2.39. The summed E-state index contributed by atoms with van der Waals surface area (Å²) in [5.74, 6) is 1.14. The monoisotopic (exact) mass is 353 g/mol. The predicted molar refractivity (Wildman–Crippen MR) is 93.1 cm³/mol. The fourth-order valence-electron chi connectivity index (χ4n) is 3.43. The van der Waals surface area contributed by atoms with Gasteiger partial charge in [0, 0.05) is 12.1 Å². The zero-order chi connectivity index (χ0) is 17.2. The average molecular weight is 353 g/mol. The van der Waals surface area contributed by atoms with Crippen molar-refractivity contribution in [3.63, 3.8) is 0 Å². The Labute approximate surface area is 144 Å². The normalized spacial score (nSPS) is 20.8. The lowest BCUT2D eigenvalue weighted by Crippen LogP contribution is -2.43. The molecule has 1 N–H and O–H groups in total. The minimum atomic E-state index is -3.53. The average Bonchev–Trinajstić information content (AvgIpc) is 2.61. The number of fused-ring (bicyclic) bond motifs is 1. The molecule has 1 saturated carbocycles. The van der Waals surface area contributed by atoms with Crippen molar-refractivity contribution >= 4 is 10.0 Å². The molecule has 0 aromatic heterocycles. The highest BCUT2D eigenvalue weighted by molar-refractivity contribution is 7.89. The van der Waals surface area contributed by atoms with Crippen LogP contribution in [0.3, 0.4) is 0 Å². The molecule has 1 aliphatic heterocycles. The van der Waals surface area contributed by atoms with Gasteiger partial charge in [0.15, 0.2) is 11.5 Å². The maximum absolute atomic E-state index is 12.7. The fourth-order valence-corrected chi connectivity index (χ4v) is 4.75. The number of nitrogens with one attached hydrogen (secondary N) is 1. The summed E-state index contributed by atoms with van der Waals surface area (Å²) in [6, 6.07) is 4.93. The molecule has 2 aliphatic rings. The van der Waals surface area contributed by atoms with E-state index in [0.717, 1.165) is 38.5 Å². The van der Waals surface area contributed by atoms with Crippen LogP contribution in [-0.4, -0.2) is 26.7 Å². The van der Waals surface area contributed by atoms with Crippen LogP contribution in [-0.2, 0) is 10.0 Å². The van der Waals surface area contributed by atoms with Crippen LogP contribution in [0.25, 0.3) is 0 Å². The first-order valence-corrected chi connectivity index (χ1v) is 10.4. The first kappa shape index (κ1) is 17.5. The third kappa shape index (κ3) is 3.54. The van der Waals surface area contributed by atoms with Crippen molar-refractivity contribution in [1.29, 1.82) is 0 Å². The summed E-state index contributed by atoms with van der Waals surface area (Å²) < 4.78 is 40.1. The Morgan fingerprint density at radius 1 is 1.12 bits per heavy atom. The summed E-state index contributed by atoms with van der Waals surface area (Å²) in [7, 11) is -3.53. The predicted octanol–water partition coefficient (Wildman–Crippen LogP) is 3.63. The van der Waals surface area contributed by atoms with Gasteiger partial charge in [0.1, 0.15) is 12.2 Å². The van der Waals surface area contributed by atoms with Gasteiger partial charge in [-0.3, -0.25) is 0 Å². The molecule has 0 spiro atoms. The molecule has 1 aliphatic carbocycles. The van der Waals surface area contributed by atoms with E-state index in [-0.39, 0.29) is 16.5 Å². The Bertz CT molecular complexity index is 676. The van der Waals surface area contributed by atoms with Gasteiger partial charge < -0.3 is 9.47 Å². The highest BCUT2D eigenvalue weighted by Gasteiger charge is 2.35. The summed E-state index contributed by atoms with van der Waals surface area (Å²) in [4.78, 5) is 0.249.